The second-order valence-electron chi connectivity index (χ2n) is 5.63. The van der Waals surface area contributed by atoms with Crippen LogP contribution in [0.25, 0.3) is 0 Å². The molecule has 19 heavy (non-hydrogen) atoms. The Bertz CT molecular complexity index is 358. The van der Waals surface area contributed by atoms with Gasteiger partial charge in [0.05, 0.1) is 6.61 Å². The van der Waals surface area contributed by atoms with Gasteiger partial charge in [-0.15, -0.1) is 0 Å². The lowest BCUT2D eigenvalue weighted by Crippen LogP contribution is -2.27. The minimum atomic E-state index is 0.724. The molecule has 1 N–H and O–H groups in total. The Morgan fingerprint density at radius 1 is 1.16 bits per heavy atom. The zero-order valence-electron chi connectivity index (χ0n) is 12.3. The van der Waals surface area contributed by atoms with Gasteiger partial charge in [-0.1, -0.05) is 31.9 Å². The number of ether oxygens (including phenoxy) is 1. The summed E-state index contributed by atoms with van der Waals surface area (Å²) >= 11 is 0. The third-order valence-corrected chi connectivity index (χ3v) is 4.16. The monoisotopic (exact) mass is 261 g/mol. The SMILES string of the molecule is CCCOc1ccc(C2CCCCC2CNC)cc1. The van der Waals surface area contributed by atoms with Crippen molar-refractivity contribution in [2.24, 2.45) is 5.92 Å². The zero-order chi connectivity index (χ0) is 13.5. The van der Waals surface area contributed by atoms with Crippen LogP contribution in [0, 0.1) is 5.92 Å². The van der Waals surface area contributed by atoms with Crippen molar-refractivity contribution in [2.45, 2.75) is 44.9 Å². The fourth-order valence-electron chi connectivity index (χ4n) is 3.18. The van der Waals surface area contributed by atoms with Gasteiger partial charge in [0.15, 0.2) is 0 Å². The van der Waals surface area contributed by atoms with Gasteiger partial charge < -0.3 is 10.1 Å². The van der Waals surface area contributed by atoms with Crippen LogP contribution < -0.4 is 10.1 Å². The highest BCUT2D eigenvalue weighted by Gasteiger charge is 2.25. The fraction of sp³-hybridized carbons (Fsp3) is 0.647. The predicted octanol–water partition coefficient (Wildman–Crippen LogP) is 3.97. The van der Waals surface area contributed by atoms with Crippen LogP contribution in [0.2, 0.25) is 0 Å². The van der Waals surface area contributed by atoms with E-state index in [9.17, 15) is 0 Å². The molecule has 0 heterocycles. The Hall–Kier alpha value is -1.02. The summed E-state index contributed by atoms with van der Waals surface area (Å²) in [6.45, 7) is 4.09. The Kier molecular flexibility index (Phi) is 5.71. The maximum atomic E-state index is 5.66. The highest BCUT2D eigenvalue weighted by molar-refractivity contribution is 5.30. The standard InChI is InChI=1S/C17H27NO/c1-3-12-19-16-10-8-14(9-11-16)17-7-5-4-6-15(17)13-18-2/h8-11,15,17-18H,3-7,12-13H2,1-2H3. The van der Waals surface area contributed by atoms with E-state index in [1.807, 2.05) is 0 Å². The lowest BCUT2D eigenvalue weighted by molar-refractivity contribution is 0.299. The molecular formula is C17H27NO. The molecule has 2 heteroatoms. The average molecular weight is 261 g/mol. The second-order valence-corrected chi connectivity index (χ2v) is 5.63. The first-order valence-electron chi connectivity index (χ1n) is 7.72. The van der Waals surface area contributed by atoms with Gasteiger partial charge in [-0.3, -0.25) is 0 Å². The van der Waals surface area contributed by atoms with Crippen molar-refractivity contribution in [1.29, 1.82) is 0 Å². The highest BCUT2D eigenvalue weighted by atomic mass is 16.5. The average Bonchev–Trinajstić information content (AvgIpc) is 2.47. The van der Waals surface area contributed by atoms with Crippen molar-refractivity contribution in [3.05, 3.63) is 29.8 Å². The first-order chi connectivity index (χ1) is 9.35. The fourth-order valence-corrected chi connectivity index (χ4v) is 3.18. The molecule has 0 amide bonds. The Morgan fingerprint density at radius 3 is 2.58 bits per heavy atom. The molecule has 0 radical (unpaired) electrons. The molecule has 1 fully saturated rings. The van der Waals surface area contributed by atoms with Crippen LogP contribution >= 0.6 is 0 Å². The largest absolute Gasteiger partial charge is 0.494 e. The summed E-state index contributed by atoms with van der Waals surface area (Å²) < 4.78 is 5.66. The molecule has 1 aromatic rings. The summed E-state index contributed by atoms with van der Waals surface area (Å²) in [4.78, 5) is 0. The van der Waals surface area contributed by atoms with E-state index < -0.39 is 0 Å². The van der Waals surface area contributed by atoms with E-state index in [2.05, 4.69) is 43.6 Å². The number of benzene rings is 1. The summed E-state index contributed by atoms with van der Waals surface area (Å²) in [6.07, 6.45) is 6.52. The van der Waals surface area contributed by atoms with E-state index >= 15 is 0 Å². The van der Waals surface area contributed by atoms with Gasteiger partial charge in [0, 0.05) is 0 Å². The van der Waals surface area contributed by atoms with E-state index in [4.69, 9.17) is 4.74 Å². The summed E-state index contributed by atoms with van der Waals surface area (Å²) in [6, 6.07) is 8.80. The lowest BCUT2D eigenvalue weighted by Gasteiger charge is -2.32. The molecule has 0 spiro atoms. The van der Waals surface area contributed by atoms with Crippen LogP contribution in [0.5, 0.6) is 5.75 Å². The van der Waals surface area contributed by atoms with Gasteiger partial charge in [0.1, 0.15) is 5.75 Å². The van der Waals surface area contributed by atoms with Gasteiger partial charge in [0.25, 0.3) is 0 Å². The molecule has 0 aromatic heterocycles. The molecular weight excluding hydrogens is 234 g/mol. The topological polar surface area (TPSA) is 21.3 Å². The van der Waals surface area contributed by atoms with E-state index in [0.717, 1.165) is 37.2 Å². The van der Waals surface area contributed by atoms with Crippen LogP contribution in [0.1, 0.15) is 50.5 Å². The van der Waals surface area contributed by atoms with Crippen molar-refractivity contribution in [2.75, 3.05) is 20.2 Å². The van der Waals surface area contributed by atoms with Crippen molar-refractivity contribution < 1.29 is 4.74 Å². The molecule has 1 aromatic carbocycles. The van der Waals surface area contributed by atoms with Gasteiger partial charge in [-0.05, 0) is 62.4 Å². The van der Waals surface area contributed by atoms with Crippen molar-refractivity contribution >= 4 is 0 Å². The zero-order valence-corrected chi connectivity index (χ0v) is 12.3. The normalized spacial score (nSPS) is 23.3. The maximum Gasteiger partial charge on any atom is 0.119 e. The van der Waals surface area contributed by atoms with Crippen LogP contribution in [0.3, 0.4) is 0 Å². The van der Waals surface area contributed by atoms with Crippen molar-refractivity contribution in [3.8, 4) is 5.75 Å². The molecule has 106 valence electrons. The first kappa shape index (κ1) is 14.4. The number of hydrogen-bond donors (Lipinski definition) is 1. The number of rotatable bonds is 6. The summed E-state index contributed by atoms with van der Waals surface area (Å²) in [5.41, 5.74) is 1.49. The molecule has 2 atom stereocenters. The van der Waals surface area contributed by atoms with Gasteiger partial charge in [-0.25, -0.2) is 0 Å². The minimum Gasteiger partial charge on any atom is -0.494 e. The number of hydrogen-bond acceptors (Lipinski definition) is 2. The molecule has 2 rings (SSSR count). The summed E-state index contributed by atoms with van der Waals surface area (Å²) in [7, 11) is 2.06. The van der Waals surface area contributed by atoms with Crippen LogP contribution in [-0.4, -0.2) is 20.2 Å². The van der Waals surface area contributed by atoms with Crippen LogP contribution in [0.15, 0.2) is 24.3 Å². The third kappa shape index (κ3) is 3.97. The quantitative estimate of drug-likeness (QED) is 0.836. The van der Waals surface area contributed by atoms with Crippen LogP contribution in [0.4, 0.5) is 0 Å². The Labute approximate surface area is 117 Å². The molecule has 2 nitrogen and oxygen atoms in total. The molecule has 1 aliphatic carbocycles. The Morgan fingerprint density at radius 2 is 1.89 bits per heavy atom. The molecule has 0 saturated heterocycles. The molecule has 2 unspecified atom stereocenters. The third-order valence-electron chi connectivity index (χ3n) is 4.16. The number of nitrogens with one attached hydrogen (secondary N) is 1. The first-order valence-corrected chi connectivity index (χ1v) is 7.72. The van der Waals surface area contributed by atoms with E-state index in [1.165, 1.54) is 31.2 Å². The summed E-state index contributed by atoms with van der Waals surface area (Å²) in [5.74, 6) is 2.52. The van der Waals surface area contributed by atoms with E-state index in [1.54, 1.807) is 0 Å². The smallest absolute Gasteiger partial charge is 0.119 e. The predicted molar refractivity (Wildman–Crippen MR) is 80.9 cm³/mol. The summed E-state index contributed by atoms with van der Waals surface area (Å²) in [5, 5.41) is 3.35. The second kappa shape index (κ2) is 7.54. The highest BCUT2D eigenvalue weighted by Crippen LogP contribution is 2.37. The molecule has 0 aliphatic heterocycles. The molecule has 1 aliphatic rings. The van der Waals surface area contributed by atoms with Crippen LogP contribution in [-0.2, 0) is 0 Å². The molecule has 0 bridgehead atoms. The minimum absolute atomic E-state index is 0.724. The Balaban J connectivity index is 2.02. The molecule has 1 saturated carbocycles. The van der Waals surface area contributed by atoms with E-state index in [-0.39, 0.29) is 0 Å². The lowest BCUT2D eigenvalue weighted by atomic mass is 9.75. The van der Waals surface area contributed by atoms with Gasteiger partial charge in [-0.2, -0.15) is 0 Å². The van der Waals surface area contributed by atoms with Gasteiger partial charge >= 0.3 is 0 Å². The van der Waals surface area contributed by atoms with E-state index in [0.29, 0.717) is 0 Å². The van der Waals surface area contributed by atoms with Crippen molar-refractivity contribution in [1.82, 2.24) is 5.32 Å². The maximum absolute atomic E-state index is 5.66. The van der Waals surface area contributed by atoms with Crippen molar-refractivity contribution in [3.63, 3.8) is 0 Å². The van der Waals surface area contributed by atoms with Gasteiger partial charge in [0.2, 0.25) is 0 Å².